The van der Waals surface area contributed by atoms with Gasteiger partial charge in [-0.05, 0) is 23.4 Å². The Kier molecular flexibility index (Phi) is 4.13. The first kappa shape index (κ1) is 14.6. The van der Waals surface area contributed by atoms with Crippen LogP contribution in [0.3, 0.4) is 0 Å². The summed E-state index contributed by atoms with van der Waals surface area (Å²) in [5, 5.41) is 1.63. The van der Waals surface area contributed by atoms with Gasteiger partial charge in [0.2, 0.25) is 10.0 Å². The number of hydrogen-bond acceptors (Lipinski definition) is 4. The molecule has 0 radical (unpaired) electrons. The summed E-state index contributed by atoms with van der Waals surface area (Å²) in [5.74, 6) is 0. The van der Waals surface area contributed by atoms with E-state index in [1.165, 1.54) is 6.33 Å². The summed E-state index contributed by atoms with van der Waals surface area (Å²) in [4.78, 5) is 8.12. The quantitative estimate of drug-likeness (QED) is 0.783. The molecule has 0 fully saturated rings. The van der Waals surface area contributed by atoms with Gasteiger partial charge in [0.25, 0.3) is 0 Å². The van der Waals surface area contributed by atoms with Crippen molar-refractivity contribution < 1.29 is 8.42 Å². The molecule has 22 heavy (non-hydrogen) atoms. The minimum Gasteiger partial charge on any atom is -0.245 e. The van der Waals surface area contributed by atoms with Crippen molar-refractivity contribution >= 4 is 20.8 Å². The highest BCUT2D eigenvalue weighted by Crippen LogP contribution is 2.22. The van der Waals surface area contributed by atoms with Gasteiger partial charge in [-0.15, -0.1) is 0 Å². The van der Waals surface area contributed by atoms with E-state index in [0.29, 0.717) is 17.9 Å². The zero-order valence-corrected chi connectivity index (χ0v) is 12.6. The molecule has 0 aliphatic carbocycles. The first-order valence-corrected chi connectivity index (χ1v) is 8.36. The highest BCUT2D eigenvalue weighted by molar-refractivity contribution is 7.89. The Balaban J connectivity index is 1.80. The SMILES string of the molecule is O=S(=O)(NCCc1cncnc1)c1cccc2ccccc12. The molecule has 0 saturated heterocycles. The van der Waals surface area contributed by atoms with E-state index >= 15 is 0 Å². The zero-order chi connectivity index (χ0) is 15.4. The van der Waals surface area contributed by atoms with Crippen molar-refractivity contribution in [1.82, 2.24) is 14.7 Å². The molecule has 1 heterocycles. The van der Waals surface area contributed by atoms with Crippen LogP contribution in [0.2, 0.25) is 0 Å². The standard InChI is InChI=1S/C16H15N3O2S/c20-22(21,19-9-8-13-10-17-12-18-11-13)16-7-3-5-14-4-1-2-6-15(14)16/h1-7,10-12,19H,8-9H2. The van der Waals surface area contributed by atoms with Crippen molar-refractivity contribution in [2.24, 2.45) is 0 Å². The molecule has 5 nitrogen and oxygen atoms in total. The Bertz CT molecular complexity index is 875. The van der Waals surface area contributed by atoms with Crippen molar-refractivity contribution in [2.45, 2.75) is 11.3 Å². The maximum Gasteiger partial charge on any atom is 0.241 e. The summed E-state index contributed by atoms with van der Waals surface area (Å²) < 4.78 is 27.6. The van der Waals surface area contributed by atoms with E-state index in [4.69, 9.17) is 0 Å². The second kappa shape index (κ2) is 6.21. The molecule has 112 valence electrons. The molecule has 0 saturated carbocycles. The molecule has 0 aliphatic rings. The second-order valence-electron chi connectivity index (χ2n) is 4.87. The van der Waals surface area contributed by atoms with Crippen LogP contribution in [0.5, 0.6) is 0 Å². The van der Waals surface area contributed by atoms with Crippen LogP contribution in [0.4, 0.5) is 0 Å². The van der Waals surface area contributed by atoms with Crippen LogP contribution in [0, 0.1) is 0 Å². The minimum absolute atomic E-state index is 0.301. The Morgan fingerprint density at radius 2 is 1.68 bits per heavy atom. The van der Waals surface area contributed by atoms with E-state index in [1.807, 2.05) is 30.3 Å². The van der Waals surface area contributed by atoms with E-state index in [2.05, 4.69) is 14.7 Å². The summed E-state index contributed by atoms with van der Waals surface area (Å²) in [6.07, 6.45) is 5.35. The average molecular weight is 313 g/mol. The normalized spacial score (nSPS) is 11.6. The van der Waals surface area contributed by atoms with Gasteiger partial charge in [0.05, 0.1) is 4.90 Å². The molecule has 3 aromatic rings. The lowest BCUT2D eigenvalue weighted by atomic mass is 10.1. The number of benzene rings is 2. The number of nitrogens with one attached hydrogen (secondary N) is 1. The van der Waals surface area contributed by atoms with Crippen LogP contribution in [0.25, 0.3) is 10.8 Å². The summed E-state index contributed by atoms with van der Waals surface area (Å²) >= 11 is 0. The predicted molar refractivity (Wildman–Crippen MR) is 84.9 cm³/mol. The molecule has 0 amide bonds. The third-order valence-corrected chi connectivity index (χ3v) is 4.88. The summed E-state index contributed by atoms with van der Waals surface area (Å²) in [7, 11) is -3.55. The summed E-state index contributed by atoms with van der Waals surface area (Å²) in [5.41, 5.74) is 0.892. The molecule has 3 rings (SSSR count). The highest BCUT2D eigenvalue weighted by atomic mass is 32.2. The average Bonchev–Trinajstić information content (AvgIpc) is 2.55. The van der Waals surface area contributed by atoms with Crippen LogP contribution in [-0.4, -0.2) is 24.9 Å². The molecule has 1 aromatic heterocycles. The number of nitrogens with zero attached hydrogens (tertiary/aromatic N) is 2. The molecule has 1 N–H and O–H groups in total. The topological polar surface area (TPSA) is 72.0 Å². The van der Waals surface area contributed by atoms with Crippen molar-refractivity contribution in [3.05, 3.63) is 66.7 Å². The number of rotatable bonds is 5. The van der Waals surface area contributed by atoms with Crippen LogP contribution < -0.4 is 4.72 Å². The van der Waals surface area contributed by atoms with E-state index in [1.54, 1.807) is 24.5 Å². The van der Waals surface area contributed by atoms with Gasteiger partial charge in [-0.25, -0.2) is 23.1 Å². The Morgan fingerprint density at radius 1 is 0.955 bits per heavy atom. The monoisotopic (exact) mass is 313 g/mol. The Labute approximate surface area is 129 Å². The van der Waals surface area contributed by atoms with Gasteiger partial charge in [0.15, 0.2) is 0 Å². The molecular weight excluding hydrogens is 298 g/mol. The van der Waals surface area contributed by atoms with Crippen molar-refractivity contribution in [3.63, 3.8) is 0 Å². The number of hydrogen-bond donors (Lipinski definition) is 1. The van der Waals surface area contributed by atoms with E-state index in [9.17, 15) is 8.42 Å². The summed E-state index contributed by atoms with van der Waals surface area (Å²) in [6, 6.07) is 12.7. The maximum atomic E-state index is 12.5. The number of sulfonamides is 1. The fourth-order valence-corrected chi connectivity index (χ4v) is 3.56. The van der Waals surface area contributed by atoms with Gasteiger partial charge in [-0.2, -0.15) is 0 Å². The smallest absolute Gasteiger partial charge is 0.241 e. The largest absolute Gasteiger partial charge is 0.245 e. The van der Waals surface area contributed by atoms with Crippen LogP contribution in [0.1, 0.15) is 5.56 Å². The lowest BCUT2D eigenvalue weighted by molar-refractivity contribution is 0.582. The first-order valence-electron chi connectivity index (χ1n) is 6.88. The molecule has 2 aromatic carbocycles. The van der Waals surface area contributed by atoms with Crippen molar-refractivity contribution in [1.29, 1.82) is 0 Å². The summed E-state index contributed by atoms with van der Waals surface area (Å²) in [6.45, 7) is 0.304. The lowest BCUT2D eigenvalue weighted by Crippen LogP contribution is -2.26. The first-order chi connectivity index (χ1) is 10.7. The molecule has 0 aliphatic heterocycles. The maximum absolute atomic E-state index is 12.5. The Hall–Kier alpha value is -2.31. The van der Waals surface area contributed by atoms with Gasteiger partial charge in [0, 0.05) is 24.3 Å². The Morgan fingerprint density at radius 3 is 2.50 bits per heavy atom. The van der Waals surface area contributed by atoms with E-state index < -0.39 is 10.0 Å². The van der Waals surface area contributed by atoms with Crippen molar-refractivity contribution in [3.8, 4) is 0 Å². The van der Waals surface area contributed by atoms with Gasteiger partial charge in [0.1, 0.15) is 6.33 Å². The van der Waals surface area contributed by atoms with Crippen molar-refractivity contribution in [2.75, 3.05) is 6.54 Å². The van der Waals surface area contributed by atoms with Crippen LogP contribution in [0.15, 0.2) is 66.1 Å². The third-order valence-electron chi connectivity index (χ3n) is 3.36. The molecule has 0 spiro atoms. The third kappa shape index (κ3) is 3.13. The molecule has 0 bridgehead atoms. The highest BCUT2D eigenvalue weighted by Gasteiger charge is 2.16. The molecule has 6 heteroatoms. The number of aromatic nitrogens is 2. The van der Waals surface area contributed by atoms with Crippen LogP contribution in [-0.2, 0) is 16.4 Å². The zero-order valence-electron chi connectivity index (χ0n) is 11.8. The molecule has 0 atom stereocenters. The van der Waals surface area contributed by atoms with Crippen LogP contribution >= 0.6 is 0 Å². The predicted octanol–water partition coefficient (Wildman–Crippen LogP) is 2.15. The lowest BCUT2D eigenvalue weighted by Gasteiger charge is -2.09. The molecular formula is C16H15N3O2S. The fourth-order valence-electron chi connectivity index (χ4n) is 2.30. The fraction of sp³-hybridized carbons (Fsp3) is 0.125. The van der Waals surface area contributed by atoms with Gasteiger partial charge < -0.3 is 0 Å². The number of fused-ring (bicyclic) bond motifs is 1. The molecule has 0 unspecified atom stereocenters. The van der Waals surface area contributed by atoms with Gasteiger partial charge in [-0.1, -0.05) is 36.4 Å². The van der Waals surface area contributed by atoms with Gasteiger partial charge in [-0.3, -0.25) is 0 Å². The minimum atomic E-state index is -3.55. The second-order valence-corrected chi connectivity index (χ2v) is 6.61. The van der Waals surface area contributed by atoms with Gasteiger partial charge >= 0.3 is 0 Å². The van der Waals surface area contributed by atoms with E-state index in [0.717, 1.165) is 16.3 Å². The van der Waals surface area contributed by atoms with E-state index in [-0.39, 0.29) is 0 Å².